The minimum absolute atomic E-state index is 0.115. The standard InChI is InChI=1S/C27H26N4O/c1-4-19-13-15-20(16-14-19)29-26(32)24-18(3)28-27-30-22-11-7-8-12-23(22)31(27)25(24)21-10-6-5-9-17(21)2/h5-16,25H,4H2,1-3H3,(H,28,30)(H,29,32). The van der Waals surface area contributed by atoms with E-state index in [2.05, 4.69) is 59.4 Å². The molecule has 0 saturated carbocycles. The molecule has 0 saturated heterocycles. The van der Waals surface area contributed by atoms with Gasteiger partial charge >= 0.3 is 0 Å². The highest BCUT2D eigenvalue weighted by atomic mass is 16.1. The van der Waals surface area contributed by atoms with E-state index in [0.717, 1.165) is 45.9 Å². The number of amides is 1. The van der Waals surface area contributed by atoms with Gasteiger partial charge in [-0.15, -0.1) is 0 Å². The Morgan fingerprint density at radius 2 is 1.72 bits per heavy atom. The molecule has 3 aromatic carbocycles. The summed E-state index contributed by atoms with van der Waals surface area (Å²) in [6.45, 7) is 6.16. The van der Waals surface area contributed by atoms with E-state index in [1.165, 1.54) is 5.56 Å². The number of hydrogen-bond acceptors (Lipinski definition) is 3. The SMILES string of the molecule is CCc1ccc(NC(=O)C2=C(C)Nc3nc4ccccc4n3C2c2ccccc2C)cc1. The van der Waals surface area contributed by atoms with Crippen molar-refractivity contribution in [1.82, 2.24) is 9.55 Å². The second kappa shape index (κ2) is 8.00. The van der Waals surface area contributed by atoms with Crippen LogP contribution in [0.15, 0.2) is 84.1 Å². The van der Waals surface area contributed by atoms with Gasteiger partial charge in [-0.3, -0.25) is 9.36 Å². The number of imidazole rings is 1. The fraction of sp³-hybridized carbons (Fsp3) is 0.185. The average Bonchev–Trinajstić information content (AvgIpc) is 3.17. The highest BCUT2D eigenvalue weighted by Crippen LogP contribution is 2.40. The van der Waals surface area contributed by atoms with Crippen molar-refractivity contribution < 1.29 is 4.79 Å². The van der Waals surface area contributed by atoms with Crippen LogP contribution in [-0.4, -0.2) is 15.5 Å². The van der Waals surface area contributed by atoms with E-state index in [-0.39, 0.29) is 11.9 Å². The fourth-order valence-electron chi connectivity index (χ4n) is 4.47. The number of rotatable bonds is 4. The van der Waals surface area contributed by atoms with E-state index >= 15 is 0 Å². The molecule has 1 aliphatic heterocycles. The Balaban J connectivity index is 1.64. The number of fused-ring (bicyclic) bond motifs is 3. The Labute approximate surface area is 187 Å². The Bertz CT molecular complexity index is 1350. The molecular formula is C27H26N4O. The van der Waals surface area contributed by atoms with Crippen LogP contribution in [0.3, 0.4) is 0 Å². The van der Waals surface area contributed by atoms with Gasteiger partial charge in [-0.1, -0.05) is 55.5 Å². The highest BCUT2D eigenvalue weighted by molar-refractivity contribution is 6.06. The molecular weight excluding hydrogens is 396 g/mol. The average molecular weight is 423 g/mol. The zero-order chi connectivity index (χ0) is 22.2. The van der Waals surface area contributed by atoms with Gasteiger partial charge in [0, 0.05) is 11.4 Å². The van der Waals surface area contributed by atoms with Gasteiger partial charge in [-0.05, 0) is 61.2 Å². The van der Waals surface area contributed by atoms with Crippen molar-refractivity contribution in [2.75, 3.05) is 10.6 Å². The maximum atomic E-state index is 13.7. The second-order valence-corrected chi connectivity index (χ2v) is 8.22. The second-order valence-electron chi connectivity index (χ2n) is 8.22. The normalized spacial score (nSPS) is 15.4. The van der Waals surface area contributed by atoms with E-state index in [4.69, 9.17) is 4.98 Å². The van der Waals surface area contributed by atoms with E-state index < -0.39 is 0 Å². The summed E-state index contributed by atoms with van der Waals surface area (Å²) in [7, 11) is 0. The first kappa shape index (κ1) is 20.1. The summed E-state index contributed by atoms with van der Waals surface area (Å²) in [6.07, 6.45) is 0.967. The molecule has 1 aromatic heterocycles. The van der Waals surface area contributed by atoms with E-state index in [1.807, 2.05) is 49.4 Å². The number of para-hydroxylation sites is 2. The largest absolute Gasteiger partial charge is 0.329 e. The predicted molar refractivity (Wildman–Crippen MR) is 130 cm³/mol. The quantitative estimate of drug-likeness (QED) is 0.435. The third kappa shape index (κ3) is 3.36. The maximum absolute atomic E-state index is 13.7. The Morgan fingerprint density at radius 1 is 1.00 bits per heavy atom. The molecule has 1 aliphatic rings. The van der Waals surface area contributed by atoms with E-state index in [0.29, 0.717) is 5.57 Å². The molecule has 1 amide bonds. The zero-order valence-electron chi connectivity index (χ0n) is 18.5. The van der Waals surface area contributed by atoms with Crippen LogP contribution < -0.4 is 10.6 Å². The first-order valence-electron chi connectivity index (χ1n) is 11.0. The first-order valence-corrected chi connectivity index (χ1v) is 11.0. The first-order chi connectivity index (χ1) is 15.6. The molecule has 0 fully saturated rings. The number of allylic oxidation sites excluding steroid dienone is 1. The molecule has 2 N–H and O–H groups in total. The van der Waals surface area contributed by atoms with Crippen molar-refractivity contribution in [3.63, 3.8) is 0 Å². The van der Waals surface area contributed by atoms with Gasteiger partial charge in [0.1, 0.15) is 0 Å². The number of nitrogens with one attached hydrogen (secondary N) is 2. The minimum Gasteiger partial charge on any atom is -0.329 e. The lowest BCUT2D eigenvalue weighted by atomic mass is 9.91. The molecule has 4 aromatic rings. The van der Waals surface area contributed by atoms with Gasteiger partial charge < -0.3 is 10.6 Å². The van der Waals surface area contributed by atoms with Gasteiger partial charge in [0.2, 0.25) is 5.95 Å². The Hall–Kier alpha value is -3.86. The molecule has 1 atom stereocenters. The third-order valence-electron chi connectivity index (χ3n) is 6.18. The number of aryl methyl sites for hydroxylation is 2. The van der Waals surface area contributed by atoms with Gasteiger partial charge in [0.05, 0.1) is 22.6 Å². The number of nitrogens with zero attached hydrogens (tertiary/aromatic N) is 2. The minimum atomic E-state index is -0.283. The lowest BCUT2D eigenvalue weighted by Crippen LogP contribution is -2.31. The fourth-order valence-corrected chi connectivity index (χ4v) is 4.47. The van der Waals surface area contributed by atoms with Crippen LogP contribution in [0.25, 0.3) is 11.0 Å². The lowest BCUT2D eigenvalue weighted by molar-refractivity contribution is -0.113. The summed E-state index contributed by atoms with van der Waals surface area (Å²) in [5.74, 6) is 0.636. The monoisotopic (exact) mass is 422 g/mol. The molecule has 0 aliphatic carbocycles. The summed E-state index contributed by atoms with van der Waals surface area (Å²) in [4.78, 5) is 18.4. The van der Waals surface area contributed by atoms with Crippen molar-refractivity contribution in [1.29, 1.82) is 0 Å². The number of aromatic nitrogens is 2. The van der Waals surface area contributed by atoms with Crippen molar-refractivity contribution in [3.8, 4) is 0 Å². The van der Waals surface area contributed by atoms with Gasteiger partial charge in [-0.25, -0.2) is 4.98 Å². The number of carbonyl (C=O) groups excluding carboxylic acids is 1. The van der Waals surface area contributed by atoms with Gasteiger partial charge in [0.15, 0.2) is 0 Å². The van der Waals surface area contributed by atoms with E-state index in [1.54, 1.807) is 0 Å². The number of carbonyl (C=O) groups is 1. The van der Waals surface area contributed by atoms with Crippen LogP contribution in [0.1, 0.15) is 36.6 Å². The van der Waals surface area contributed by atoms with Crippen molar-refractivity contribution in [2.24, 2.45) is 0 Å². The van der Waals surface area contributed by atoms with Gasteiger partial charge in [0.25, 0.3) is 5.91 Å². The Morgan fingerprint density at radius 3 is 2.47 bits per heavy atom. The predicted octanol–water partition coefficient (Wildman–Crippen LogP) is 5.83. The third-order valence-corrected chi connectivity index (χ3v) is 6.18. The zero-order valence-corrected chi connectivity index (χ0v) is 18.5. The summed E-state index contributed by atoms with van der Waals surface area (Å²) in [6, 6.07) is 24.0. The molecule has 5 heteroatoms. The molecule has 32 heavy (non-hydrogen) atoms. The van der Waals surface area contributed by atoms with Crippen LogP contribution in [0.5, 0.6) is 0 Å². The Kier molecular flexibility index (Phi) is 5.02. The molecule has 2 heterocycles. The highest BCUT2D eigenvalue weighted by Gasteiger charge is 2.34. The van der Waals surface area contributed by atoms with Crippen molar-refractivity contribution in [3.05, 3.63) is 101 Å². The van der Waals surface area contributed by atoms with Crippen LogP contribution in [0.2, 0.25) is 0 Å². The molecule has 0 spiro atoms. The van der Waals surface area contributed by atoms with Crippen LogP contribution in [0, 0.1) is 6.92 Å². The smallest absolute Gasteiger partial charge is 0.255 e. The number of hydrogen-bond donors (Lipinski definition) is 2. The maximum Gasteiger partial charge on any atom is 0.255 e. The number of benzene rings is 3. The number of anilines is 2. The van der Waals surface area contributed by atoms with Crippen molar-refractivity contribution >= 4 is 28.6 Å². The van der Waals surface area contributed by atoms with Crippen LogP contribution >= 0.6 is 0 Å². The molecule has 5 rings (SSSR count). The van der Waals surface area contributed by atoms with E-state index in [9.17, 15) is 4.79 Å². The lowest BCUT2D eigenvalue weighted by Gasteiger charge is -2.31. The summed E-state index contributed by atoms with van der Waals surface area (Å²) in [5, 5.41) is 6.49. The summed E-state index contributed by atoms with van der Waals surface area (Å²) >= 11 is 0. The summed E-state index contributed by atoms with van der Waals surface area (Å²) in [5.41, 5.74) is 7.64. The van der Waals surface area contributed by atoms with Crippen molar-refractivity contribution in [2.45, 2.75) is 33.2 Å². The molecule has 1 unspecified atom stereocenters. The molecule has 0 bridgehead atoms. The molecule has 160 valence electrons. The molecule has 5 nitrogen and oxygen atoms in total. The van der Waals surface area contributed by atoms with Crippen LogP contribution in [-0.2, 0) is 11.2 Å². The topological polar surface area (TPSA) is 59.0 Å². The van der Waals surface area contributed by atoms with Crippen LogP contribution in [0.4, 0.5) is 11.6 Å². The molecule has 0 radical (unpaired) electrons. The van der Waals surface area contributed by atoms with Gasteiger partial charge in [-0.2, -0.15) is 0 Å². The summed E-state index contributed by atoms with van der Waals surface area (Å²) < 4.78 is 2.14.